The minimum atomic E-state index is -0.312. The molecule has 1 amide bonds. The van der Waals surface area contributed by atoms with Crippen molar-refractivity contribution in [3.8, 4) is 5.75 Å². The number of benzene rings is 2. The molecule has 2 aromatic carbocycles. The van der Waals surface area contributed by atoms with Crippen LogP contribution in [-0.4, -0.2) is 36.8 Å². The Labute approximate surface area is 179 Å². The predicted molar refractivity (Wildman–Crippen MR) is 117 cm³/mol. The van der Waals surface area contributed by atoms with Crippen molar-refractivity contribution in [1.29, 1.82) is 0 Å². The molecule has 1 fully saturated rings. The number of anilines is 1. The minimum Gasteiger partial charge on any atom is -0.494 e. The molecular weight excluding hydrogens is 403 g/mol. The number of amides is 1. The molecule has 0 aliphatic carbocycles. The van der Waals surface area contributed by atoms with Gasteiger partial charge >= 0.3 is 0 Å². The highest BCUT2D eigenvalue weighted by atomic mass is 32.1. The molecule has 30 heavy (non-hydrogen) atoms. The lowest BCUT2D eigenvalue weighted by Crippen LogP contribution is -2.37. The molecule has 7 heteroatoms. The van der Waals surface area contributed by atoms with Crippen LogP contribution in [0.25, 0.3) is 10.2 Å². The number of carbonyl (C=O) groups is 1. The summed E-state index contributed by atoms with van der Waals surface area (Å²) < 4.78 is 25.8. The molecule has 1 aliphatic heterocycles. The molecule has 0 N–H and O–H groups in total. The summed E-state index contributed by atoms with van der Waals surface area (Å²) in [5.41, 5.74) is 1.24. The number of aromatic nitrogens is 1. The Bertz CT molecular complexity index is 999. The van der Waals surface area contributed by atoms with Gasteiger partial charge in [-0.15, -0.1) is 0 Å². The van der Waals surface area contributed by atoms with Crippen LogP contribution in [0.3, 0.4) is 0 Å². The predicted octanol–water partition coefficient (Wildman–Crippen LogP) is 5.44. The van der Waals surface area contributed by atoms with E-state index in [1.54, 1.807) is 23.1 Å². The fourth-order valence-corrected chi connectivity index (χ4v) is 4.42. The normalized spacial score (nSPS) is 16.1. The topological polar surface area (TPSA) is 51.7 Å². The molecule has 0 spiro atoms. The number of thiazole rings is 1. The molecule has 1 aliphatic rings. The van der Waals surface area contributed by atoms with Gasteiger partial charge in [-0.1, -0.05) is 24.7 Å². The SMILES string of the molecule is CCCCOc1ccc(C(=O)N(CC2CCCO2)c2nc3ccc(F)cc3s2)cc1. The fraction of sp³-hybridized carbons (Fsp3) is 0.391. The molecule has 0 bridgehead atoms. The molecular formula is C23H25FN2O3S. The third-order valence-corrected chi connectivity index (χ3v) is 6.13. The summed E-state index contributed by atoms with van der Waals surface area (Å²) in [6, 6.07) is 11.7. The first-order valence-electron chi connectivity index (χ1n) is 10.4. The van der Waals surface area contributed by atoms with Crippen LogP contribution in [-0.2, 0) is 4.74 Å². The monoisotopic (exact) mass is 428 g/mol. The second kappa shape index (κ2) is 9.53. The lowest BCUT2D eigenvalue weighted by molar-refractivity contribution is 0.0917. The Morgan fingerprint density at radius 1 is 1.30 bits per heavy atom. The van der Waals surface area contributed by atoms with Crippen molar-refractivity contribution < 1.29 is 18.7 Å². The van der Waals surface area contributed by atoms with Crippen LogP contribution in [0.2, 0.25) is 0 Å². The molecule has 1 aromatic heterocycles. The molecule has 0 radical (unpaired) electrons. The summed E-state index contributed by atoms with van der Waals surface area (Å²) >= 11 is 1.32. The lowest BCUT2D eigenvalue weighted by atomic mass is 10.1. The van der Waals surface area contributed by atoms with Gasteiger partial charge in [-0.3, -0.25) is 9.69 Å². The van der Waals surface area contributed by atoms with E-state index in [0.29, 0.717) is 36.0 Å². The van der Waals surface area contributed by atoms with Crippen LogP contribution in [0.15, 0.2) is 42.5 Å². The third-order valence-electron chi connectivity index (χ3n) is 5.09. The Hall–Kier alpha value is -2.51. The zero-order chi connectivity index (χ0) is 20.9. The van der Waals surface area contributed by atoms with Crippen LogP contribution in [0.5, 0.6) is 5.75 Å². The number of hydrogen-bond acceptors (Lipinski definition) is 5. The maximum atomic E-state index is 13.6. The average Bonchev–Trinajstić information content (AvgIpc) is 3.41. The van der Waals surface area contributed by atoms with Crippen LogP contribution in [0.1, 0.15) is 43.0 Å². The van der Waals surface area contributed by atoms with E-state index in [2.05, 4.69) is 11.9 Å². The van der Waals surface area contributed by atoms with Crippen molar-refractivity contribution in [2.24, 2.45) is 0 Å². The van der Waals surface area contributed by atoms with Gasteiger partial charge in [0.05, 0.1) is 29.5 Å². The second-order valence-corrected chi connectivity index (χ2v) is 8.39. The molecule has 1 unspecified atom stereocenters. The zero-order valence-electron chi connectivity index (χ0n) is 17.0. The Morgan fingerprint density at radius 2 is 2.13 bits per heavy atom. The van der Waals surface area contributed by atoms with Gasteiger partial charge in [-0.25, -0.2) is 9.37 Å². The third kappa shape index (κ3) is 4.79. The fourth-order valence-electron chi connectivity index (χ4n) is 3.43. The van der Waals surface area contributed by atoms with Crippen molar-refractivity contribution in [1.82, 2.24) is 4.98 Å². The second-order valence-electron chi connectivity index (χ2n) is 7.39. The highest BCUT2D eigenvalue weighted by Gasteiger charge is 2.27. The van der Waals surface area contributed by atoms with Crippen molar-refractivity contribution in [3.05, 3.63) is 53.8 Å². The quantitative estimate of drug-likeness (QED) is 0.448. The number of hydrogen-bond donors (Lipinski definition) is 0. The lowest BCUT2D eigenvalue weighted by Gasteiger charge is -2.23. The first-order chi connectivity index (χ1) is 14.6. The summed E-state index contributed by atoms with van der Waals surface area (Å²) in [6.07, 6.45) is 3.94. The largest absolute Gasteiger partial charge is 0.494 e. The summed E-state index contributed by atoms with van der Waals surface area (Å²) in [6.45, 7) is 3.92. The number of nitrogens with zero attached hydrogens (tertiary/aromatic N) is 2. The number of ether oxygens (including phenoxy) is 2. The van der Waals surface area contributed by atoms with Gasteiger partial charge in [0.1, 0.15) is 11.6 Å². The summed E-state index contributed by atoms with van der Waals surface area (Å²) in [5, 5.41) is 0.555. The van der Waals surface area contributed by atoms with Gasteiger partial charge in [0, 0.05) is 12.2 Å². The molecule has 0 saturated carbocycles. The van der Waals surface area contributed by atoms with Gasteiger partial charge in [0.2, 0.25) is 0 Å². The number of unbranched alkanes of at least 4 members (excludes halogenated alkanes) is 1. The van der Waals surface area contributed by atoms with Crippen LogP contribution in [0, 0.1) is 5.82 Å². The Balaban J connectivity index is 1.58. The highest BCUT2D eigenvalue weighted by molar-refractivity contribution is 7.22. The molecule has 5 nitrogen and oxygen atoms in total. The van der Waals surface area contributed by atoms with E-state index in [9.17, 15) is 9.18 Å². The molecule has 3 aromatic rings. The first kappa shape index (κ1) is 20.8. The number of fused-ring (bicyclic) bond motifs is 1. The van der Waals surface area contributed by atoms with Gasteiger partial charge in [0.25, 0.3) is 5.91 Å². The van der Waals surface area contributed by atoms with E-state index in [-0.39, 0.29) is 17.8 Å². The van der Waals surface area contributed by atoms with Gasteiger partial charge < -0.3 is 9.47 Å². The molecule has 1 atom stereocenters. The molecule has 1 saturated heterocycles. The van der Waals surface area contributed by atoms with Crippen molar-refractivity contribution in [2.45, 2.75) is 38.7 Å². The van der Waals surface area contributed by atoms with Crippen molar-refractivity contribution in [3.63, 3.8) is 0 Å². The van der Waals surface area contributed by atoms with Crippen LogP contribution >= 0.6 is 11.3 Å². The van der Waals surface area contributed by atoms with E-state index in [0.717, 1.165) is 36.1 Å². The first-order valence-corrected chi connectivity index (χ1v) is 11.2. The van der Waals surface area contributed by atoms with E-state index < -0.39 is 0 Å². The minimum absolute atomic E-state index is 0.0191. The smallest absolute Gasteiger partial charge is 0.260 e. The standard InChI is InChI=1S/C23H25FN2O3S/c1-2-3-12-28-18-9-6-16(7-10-18)22(27)26(15-19-5-4-13-29-19)23-25-20-11-8-17(24)14-21(20)30-23/h6-11,14,19H,2-5,12-13,15H2,1H3. The summed E-state index contributed by atoms with van der Waals surface area (Å²) in [4.78, 5) is 19.6. The van der Waals surface area contributed by atoms with E-state index in [1.807, 2.05) is 12.1 Å². The van der Waals surface area contributed by atoms with Crippen LogP contribution in [0.4, 0.5) is 9.52 Å². The molecule has 4 rings (SSSR count). The van der Waals surface area contributed by atoms with Gasteiger partial charge in [-0.2, -0.15) is 0 Å². The van der Waals surface area contributed by atoms with Crippen LogP contribution < -0.4 is 9.64 Å². The van der Waals surface area contributed by atoms with Gasteiger partial charge in [-0.05, 0) is 61.7 Å². The number of rotatable bonds is 8. The maximum absolute atomic E-state index is 13.6. The molecule has 158 valence electrons. The summed E-state index contributed by atoms with van der Waals surface area (Å²) in [7, 11) is 0. The molecule has 2 heterocycles. The van der Waals surface area contributed by atoms with Crippen molar-refractivity contribution >= 4 is 32.6 Å². The van der Waals surface area contributed by atoms with Crippen molar-refractivity contribution in [2.75, 3.05) is 24.7 Å². The zero-order valence-corrected chi connectivity index (χ0v) is 17.8. The van der Waals surface area contributed by atoms with E-state index in [4.69, 9.17) is 9.47 Å². The Kier molecular flexibility index (Phi) is 6.59. The average molecular weight is 429 g/mol. The van der Waals surface area contributed by atoms with E-state index in [1.165, 1.54) is 23.5 Å². The highest BCUT2D eigenvalue weighted by Crippen LogP contribution is 2.31. The number of halogens is 1. The summed E-state index contributed by atoms with van der Waals surface area (Å²) in [5.74, 6) is 0.291. The van der Waals surface area contributed by atoms with E-state index >= 15 is 0 Å². The maximum Gasteiger partial charge on any atom is 0.260 e. The van der Waals surface area contributed by atoms with Gasteiger partial charge in [0.15, 0.2) is 5.13 Å². The number of carbonyl (C=O) groups excluding carboxylic acids is 1. The Morgan fingerprint density at radius 3 is 2.87 bits per heavy atom.